The molecule has 1 saturated heterocycles. The number of nitrogens with one attached hydrogen (secondary N) is 1. The van der Waals surface area contributed by atoms with E-state index >= 15 is 0 Å². The Morgan fingerprint density at radius 1 is 1.19 bits per heavy atom. The standard InChI is InChI=1S/C21H37N3O2S/c1-8-11-21(6,7)18-14(2)22-19(20(3,4)5)24-13-15(12-17(18)24)23-27(25,26)16-9-10-16/h14-16,23H,8-13H2,1-7H3/t14-,15-/m0/s1. The van der Waals surface area contributed by atoms with Gasteiger partial charge in [0.15, 0.2) is 0 Å². The molecule has 2 fully saturated rings. The molecule has 6 heteroatoms. The van der Waals surface area contributed by atoms with Gasteiger partial charge >= 0.3 is 0 Å². The second-order valence-corrected chi connectivity index (χ2v) is 12.2. The van der Waals surface area contributed by atoms with Crippen molar-refractivity contribution in [3.05, 3.63) is 11.3 Å². The van der Waals surface area contributed by atoms with Crippen molar-refractivity contribution in [3.8, 4) is 0 Å². The van der Waals surface area contributed by atoms with Crippen molar-refractivity contribution in [3.63, 3.8) is 0 Å². The number of rotatable bonds is 6. The van der Waals surface area contributed by atoms with Crippen LogP contribution in [0, 0.1) is 10.8 Å². The number of nitrogens with zero attached hydrogens (tertiary/aromatic N) is 2. The molecule has 0 radical (unpaired) electrons. The van der Waals surface area contributed by atoms with Crippen molar-refractivity contribution in [1.29, 1.82) is 0 Å². The van der Waals surface area contributed by atoms with Crippen molar-refractivity contribution in [1.82, 2.24) is 9.62 Å². The van der Waals surface area contributed by atoms with Crippen LogP contribution in [0.25, 0.3) is 0 Å². The van der Waals surface area contributed by atoms with E-state index < -0.39 is 10.0 Å². The topological polar surface area (TPSA) is 61.8 Å². The van der Waals surface area contributed by atoms with E-state index in [0.717, 1.165) is 37.9 Å². The molecule has 154 valence electrons. The van der Waals surface area contributed by atoms with Crippen molar-refractivity contribution in [2.24, 2.45) is 15.8 Å². The summed E-state index contributed by atoms with van der Waals surface area (Å²) < 4.78 is 28.0. The molecule has 0 unspecified atom stereocenters. The number of hydrogen-bond donors (Lipinski definition) is 1. The first kappa shape index (κ1) is 20.8. The van der Waals surface area contributed by atoms with Crippen LogP contribution in [0.4, 0.5) is 0 Å². The fourth-order valence-electron chi connectivity index (χ4n) is 4.87. The SMILES string of the molecule is CCCC(C)(C)C1=C2C[C@H](NS(=O)(=O)C3CC3)CN2C(C(C)(C)C)=N[C@H]1C. The molecule has 1 saturated carbocycles. The smallest absolute Gasteiger partial charge is 0.214 e. The van der Waals surface area contributed by atoms with Crippen LogP contribution in [0.5, 0.6) is 0 Å². The Balaban J connectivity index is 1.97. The second kappa shape index (κ2) is 6.87. The summed E-state index contributed by atoms with van der Waals surface area (Å²) in [6, 6.07) is 0.0849. The molecule has 1 N–H and O–H groups in total. The lowest BCUT2D eigenvalue weighted by Gasteiger charge is -2.42. The maximum Gasteiger partial charge on any atom is 0.214 e. The van der Waals surface area contributed by atoms with Crippen LogP contribution in [-0.2, 0) is 10.0 Å². The number of sulfonamides is 1. The average Bonchev–Trinajstić information content (AvgIpc) is 3.27. The molecule has 5 nitrogen and oxygen atoms in total. The molecule has 1 aliphatic carbocycles. The maximum atomic E-state index is 12.5. The summed E-state index contributed by atoms with van der Waals surface area (Å²) in [5.74, 6) is 1.09. The Morgan fingerprint density at radius 3 is 2.33 bits per heavy atom. The van der Waals surface area contributed by atoms with Crippen molar-refractivity contribution in [2.45, 2.75) is 97.9 Å². The third-order valence-corrected chi connectivity index (χ3v) is 8.05. The molecule has 2 heterocycles. The quantitative estimate of drug-likeness (QED) is 0.737. The predicted molar refractivity (Wildman–Crippen MR) is 112 cm³/mol. The van der Waals surface area contributed by atoms with Crippen LogP contribution in [0.15, 0.2) is 16.3 Å². The van der Waals surface area contributed by atoms with Crippen LogP contribution in [0.2, 0.25) is 0 Å². The molecule has 2 aliphatic heterocycles. The molecule has 0 bridgehead atoms. The number of aliphatic imine (C=N–C) groups is 1. The lowest BCUT2D eigenvalue weighted by atomic mass is 9.74. The van der Waals surface area contributed by atoms with Crippen LogP contribution >= 0.6 is 0 Å². The number of hydrogen-bond acceptors (Lipinski definition) is 4. The van der Waals surface area contributed by atoms with E-state index in [1.165, 1.54) is 11.3 Å². The van der Waals surface area contributed by atoms with Gasteiger partial charge in [-0.25, -0.2) is 13.1 Å². The zero-order chi connectivity index (χ0) is 20.2. The molecule has 0 aromatic heterocycles. The molecule has 3 rings (SSSR count). The Morgan fingerprint density at radius 2 is 1.81 bits per heavy atom. The van der Waals surface area contributed by atoms with E-state index in [-0.39, 0.29) is 28.2 Å². The number of fused-ring (bicyclic) bond motifs is 1. The van der Waals surface area contributed by atoms with Gasteiger partial charge in [0.05, 0.1) is 11.3 Å². The van der Waals surface area contributed by atoms with Crippen molar-refractivity contribution < 1.29 is 8.42 Å². The van der Waals surface area contributed by atoms with E-state index in [2.05, 4.69) is 58.1 Å². The summed E-state index contributed by atoms with van der Waals surface area (Å²) in [5, 5.41) is -0.171. The lowest BCUT2D eigenvalue weighted by Crippen LogP contribution is -2.45. The summed E-state index contributed by atoms with van der Waals surface area (Å²) in [6.07, 6.45) is 4.62. The first-order chi connectivity index (χ1) is 12.4. The van der Waals surface area contributed by atoms with Crippen LogP contribution < -0.4 is 4.72 Å². The minimum Gasteiger partial charge on any atom is -0.332 e. The zero-order valence-corrected chi connectivity index (χ0v) is 18.9. The monoisotopic (exact) mass is 395 g/mol. The highest BCUT2D eigenvalue weighted by atomic mass is 32.2. The minimum atomic E-state index is -3.18. The lowest BCUT2D eigenvalue weighted by molar-refractivity contribution is 0.348. The molecular weight excluding hydrogens is 358 g/mol. The average molecular weight is 396 g/mol. The zero-order valence-electron chi connectivity index (χ0n) is 18.1. The van der Waals surface area contributed by atoms with Gasteiger partial charge in [0.2, 0.25) is 10.0 Å². The largest absolute Gasteiger partial charge is 0.332 e. The number of amidine groups is 1. The molecule has 27 heavy (non-hydrogen) atoms. The Bertz CT molecular complexity index is 755. The van der Waals surface area contributed by atoms with E-state index in [1.807, 2.05) is 0 Å². The van der Waals surface area contributed by atoms with Gasteiger partial charge in [-0.05, 0) is 37.2 Å². The molecule has 0 amide bonds. The van der Waals surface area contributed by atoms with Gasteiger partial charge < -0.3 is 4.90 Å². The second-order valence-electron chi connectivity index (χ2n) is 10.2. The fraction of sp³-hybridized carbons (Fsp3) is 0.857. The molecule has 0 spiro atoms. The van der Waals surface area contributed by atoms with E-state index in [4.69, 9.17) is 4.99 Å². The summed E-state index contributed by atoms with van der Waals surface area (Å²) >= 11 is 0. The predicted octanol–water partition coefficient (Wildman–Crippen LogP) is 4.07. The van der Waals surface area contributed by atoms with Gasteiger partial charge in [-0.15, -0.1) is 0 Å². The first-order valence-corrected chi connectivity index (χ1v) is 12.0. The highest BCUT2D eigenvalue weighted by molar-refractivity contribution is 7.90. The molecule has 0 aromatic rings. The Hall–Kier alpha value is -0.880. The van der Waals surface area contributed by atoms with Crippen LogP contribution in [0.3, 0.4) is 0 Å². The summed E-state index contributed by atoms with van der Waals surface area (Å²) in [4.78, 5) is 7.44. The van der Waals surface area contributed by atoms with Gasteiger partial charge in [-0.1, -0.05) is 48.0 Å². The normalized spacial score (nSPS) is 27.1. The van der Waals surface area contributed by atoms with E-state index in [1.54, 1.807) is 0 Å². The molecular formula is C21H37N3O2S. The van der Waals surface area contributed by atoms with Crippen LogP contribution in [-0.4, -0.2) is 43.0 Å². The van der Waals surface area contributed by atoms with E-state index in [9.17, 15) is 8.42 Å². The van der Waals surface area contributed by atoms with Gasteiger partial charge in [0, 0.05) is 30.1 Å². The highest BCUT2D eigenvalue weighted by Gasteiger charge is 2.45. The Labute approximate surface area is 165 Å². The Kier molecular flexibility index (Phi) is 5.30. The fourth-order valence-corrected chi connectivity index (χ4v) is 6.44. The first-order valence-electron chi connectivity index (χ1n) is 10.5. The van der Waals surface area contributed by atoms with Crippen molar-refractivity contribution in [2.75, 3.05) is 6.54 Å². The van der Waals surface area contributed by atoms with Gasteiger partial charge in [-0.3, -0.25) is 4.99 Å². The molecule has 3 aliphatic rings. The highest BCUT2D eigenvalue weighted by Crippen LogP contribution is 2.45. The third-order valence-electron chi connectivity index (χ3n) is 6.04. The minimum absolute atomic E-state index is 0.0594. The van der Waals surface area contributed by atoms with Gasteiger partial charge in [0.1, 0.15) is 5.84 Å². The van der Waals surface area contributed by atoms with E-state index in [0.29, 0.717) is 6.54 Å². The third kappa shape index (κ3) is 4.12. The van der Waals surface area contributed by atoms with Crippen LogP contribution in [0.1, 0.15) is 80.6 Å². The molecule has 0 aromatic carbocycles. The van der Waals surface area contributed by atoms with Gasteiger partial charge in [0.25, 0.3) is 0 Å². The molecule has 2 atom stereocenters. The summed E-state index contributed by atoms with van der Waals surface area (Å²) in [7, 11) is -3.18. The summed E-state index contributed by atoms with van der Waals surface area (Å²) in [5.41, 5.74) is 2.71. The van der Waals surface area contributed by atoms with Crippen molar-refractivity contribution >= 4 is 15.9 Å². The summed E-state index contributed by atoms with van der Waals surface area (Å²) in [6.45, 7) is 16.3. The maximum absolute atomic E-state index is 12.5. The van der Waals surface area contributed by atoms with Gasteiger partial charge in [-0.2, -0.15) is 0 Å².